The van der Waals surface area contributed by atoms with Gasteiger partial charge in [0.25, 0.3) is 0 Å². The average Bonchev–Trinajstić information content (AvgIpc) is 2.79. The molecule has 12 heteroatoms. The van der Waals surface area contributed by atoms with Crippen molar-refractivity contribution in [2.24, 2.45) is 0 Å². The number of pyridine rings is 2. The van der Waals surface area contributed by atoms with Gasteiger partial charge < -0.3 is 31.3 Å². The summed E-state index contributed by atoms with van der Waals surface area (Å²) in [5, 5.41) is 34.7. The maximum absolute atomic E-state index is 12.1. The monoisotopic (exact) mass is 459 g/mol. The predicted molar refractivity (Wildman–Crippen MR) is 114 cm³/mol. The molecule has 2 amide bonds. The summed E-state index contributed by atoms with van der Waals surface area (Å²) >= 11 is 0. The fraction of sp³-hybridized carbons (Fsp3) is 0.333. The Morgan fingerprint density at radius 1 is 0.788 bits per heavy atom. The van der Waals surface area contributed by atoms with Crippen molar-refractivity contribution >= 4 is 23.9 Å². The van der Waals surface area contributed by atoms with Crippen LogP contribution in [-0.4, -0.2) is 67.9 Å². The molecule has 2 rings (SSSR count). The summed E-state index contributed by atoms with van der Waals surface area (Å²) in [6.45, 7) is 0.163. The number of aliphatic carboxylic acids is 3. The minimum atomic E-state index is -1.47. The van der Waals surface area contributed by atoms with Crippen LogP contribution in [-0.2, 0) is 14.4 Å². The molecule has 0 aliphatic heterocycles. The molecule has 0 saturated carbocycles. The van der Waals surface area contributed by atoms with Gasteiger partial charge in [-0.25, -0.2) is 14.4 Å². The lowest BCUT2D eigenvalue weighted by atomic mass is 10.1. The molecule has 0 fully saturated rings. The summed E-state index contributed by atoms with van der Waals surface area (Å²) in [7, 11) is 0. The lowest BCUT2D eigenvalue weighted by Gasteiger charge is -2.21. The molecule has 33 heavy (non-hydrogen) atoms. The summed E-state index contributed by atoms with van der Waals surface area (Å²) in [4.78, 5) is 54.2. The first kappa shape index (κ1) is 25.2. The second-order valence-corrected chi connectivity index (χ2v) is 7.02. The second kappa shape index (κ2) is 12.7. The molecule has 0 aliphatic carbocycles. The first-order valence-corrected chi connectivity index (χ1v) is 10.1. The summed E-state index contributed by atoms with van der Waals surface area (Å²) in [6, 6.07) is 6.54. The number of hydrogen-bond acceptors (Lipinski definition) is 7. The quantitative estimate of drug-likeness (QED) is 0.247. The number of nitrogens with one attached hydrogen (secondary N) is 3. The molecule has 6 N–H and O–H groups in total. The lowest BCUT2D eigenvalue weighted by molar-refractivity contribution is -0.140. The van der Waals surface area contributed by atoms with Crippen molar-refractivity contribution in [1.82, 2.24) is 25.9 Å². The van der Waals surface area contributed by atoms with Crippen molar-refractivity contribution in [2.45, 2.75) is 37.4 Å². The first-order chi connectivity index (χ1) is 15.8. The van der Waals surface area contributed by atoms with Crippen LogP contribution in [0.2, 0.25) is 0 Å². The van der Waals surface area contributed by atoms with E-state index in [1.54, 1.807) is 36.7 Å². The maximum atomic E-state index is 12.1. The number of aromatic nitrogens is 2. The van der Waals surface area contributed by atoms with E-state index >= 15 is 0 Å². The first-order valence-electron chi connectivity index (χ1n) is 10.1. The van der Waals surface area contributed by atoms with Crippen LogP contribution in [0.5, 0.6) is 0 Å². The molecule has 0 aliphatic rings. The Labute approximate surface area is 189 Å². The average molecular weight is 459 g/mol. The number of hydrogen-bond donors (Lipinski definition) is 6. The van der Waals surface area contributed by atoms with Crippen molar-refractivity contribution < 1.29 is 34.5 Å². The van der Waals surface area contributed by atoms with Crippen LogP contribution < -0.4 is 16.0 Å². The number of nitrogens with zero attached hydrogens (tertiary/aromatic N) is 2. The van der Waals surface area contributed by atoms with Gasteiger partial charge in [-0.15, -0.1) is 0 Å². The highest BCUT2D eigenvalue weighted by Gasteiger charge is 2.25. The minimum absolute atomic E-state index is 0.0220. The van der Waals surface area contributed by atoms with Crippen LogP contribution in [0, 0.1) is 0 Å². The Kier molecular flexibility index (Phi) is 9.71. The zero-order valence-electron chi connectivity index (χ0n) is 17.5. The standard InChI is InChI=1S/C21H25N5O7/c27-17(28)8-7-15(19(29)30)25-21(33)26-16(20(31)32)9-12-24-18(13-5-1-3-10-22-13)14-6-2-4-11-23-14/h1-6,10-11,15-16,18,24H,7-9,12H2,(H,27,28)(H,29,30)(H,31,32)(H2,25,26,33)/t15?,16-/m0/s1. The third kappa shape index (κ3) is 8.53. The Morgan fingerprint density at radius 3 is 1.73 bits per heavy atom. The fourth-order valence-corrected chi connectivity index (χ4v) is 2.97. The van der Waals surface area contributed by atoms with Gasteiger partial charge in [-0.1, -0.05) is 12.1 Å². The lowest BCUT2D eigenvalue weighted by Crippen LogP contribution is -2.51. The van der Waals surface area contributed by atoms with E-state index in [-0.39, 0.29) is 19.4 Å². The van der Waals surface area contributed by atoms with Crippen LogP contribution in [0.25, 0.3) is 0 Å². The van der Waals surface area contributed by atoms with Gasteiger partial charge in [-0.2, -0.15) is 0 Å². The molecule has 0 radical (unpaired) electrons. The molecule has 0 aromatic carbocycles. The summed E-state index contributed by atoms with van der Waals surface area (Å²) in [5.41, 5.74) is 1.35. The molecular formula is C21H25N5O7. The van der Waals surface area contributed by atoms with Gasteiger partial charge in [0.2, 0.25) is 0 Å². The van der Waals surface area contributed by atoms with Crippen LogP contribution in [0.1, 0.15) is 36.7 Å². The normalized spacial score (nSPS) is 12.5. The van der Waals surface area contributed by atoms with E-state index in [4.69, 9.17) is 10.2 Å². The number of urea groups is 1. The third-order valence-electron chi connectivity index (χ3n) is 4.60. The van der Waals surface area contributed by atoms with E-state index in [1.165, 1.54) is 0 Å². The minimum Gasteiger partial charge on any atom is -0.481 e. The van der Waals surface area contributed by atoms with Gasteiger partial charge >= 0.3 is 23.9 Å². The predicted octanol–water partition coefficient (Wildman–Crippen LogP) is 0.616. The van der Waals surface area contributed by atoms with E-state index in [2.05, 4.69) is 25.9 Å². The van der Waals surface area contributed by atoms with E-state index in [0.29, 0.717) is 11.4 Å². The van der Waals surface area contributed by atoms with Crippen molar-refractivity contribution in [1.29, 1.82) is 0 Å². The number of carbonyl (C=O) groups excluding carboxylic acids is 1. The highest BCUT2D eigenvalue weighted by Crippen LogP contribution is 2.17. The Bertz CT molecular complexity index is 903. The summed E-state index contributed by atoms with van der Waals surface area (Å²) in [5.74, 6) is -3.95. The highest BCUT2D eigenvalue weighted by molar-refractivity contribution is 5.86. The van der Waals surface area contributed by atoms with Crippen LogP contribution >= 0.6 is 0 Å². The Morgan fingerprint density at radius 2 is 1.30 bits per heavy atom. The van der Waals surface area contributed by atoms with Crippen LogP contribution in [0.15, 0.2) is 48.8 Å². The van der Waals surface area contributed by atoms with Crippen molar-refractivity contribution in [3.8, 4) is 0 Å². The topological polar surface area (TPSA) is 191 Å². The molecule has 12 nitrogen and oxygen atoms in total. The molecule has 2 aromatic rings. The van der Waals surface area contributed by atoms with Crippen molar-refractivity contribution in [3.63, 3.8) is 0 Å². The molecule has 0 spiro atoms. The molecule has 0 saturated heterocycles. The third-order valence-corrected chi connectivity index (χ3v) is 4.60. The van der Waals surface area contributed by atoms with Gasteiger partial charge in [0, 0.05) is 18.8 Å². The van der Waals surface area contributed by atoms with Crippen molar-refractivity contribution in [3.05, 3.63) is 60.2 Å². The molecule has 2 heterocycles. The molecule has 2 aromatic heterocycles. The van der Waals surface area contributed by atoms with E-state index in [9.17, 15) is 24.3 Å². The number of rotatable bonds is 13. The smallest absolute Gasteiger partial charge is 0.326 e. The van der Waals surface area contributed by atoms with Crippen LogP contribution in [0.3, 0.4) is 0 Å². The second-order valence-electron chi connectivity index (χ2n) is 7.02. The zero-order chi connectivity index (χ0) is 24.2. The van der Waals surface area contributed by atoms with E-state index in [0.717, 1.165) is 0 Å². The van der Waals surface area contributed by atoms with Gasteiger partial charge in [0.1, 0.15) is 12.1 Å². The molecular weight excluding hydrogens is 434 g/mol. The number of amides is 2. The van der Waals surface area contributed by atoms with Crippen LogP contribution in [0.4, 0.5) is 4.79 Å². The molecule has 0 bridgehead atoms. The van der Waals surface area contributed by atoms with Gasteiger partial charge in [0.05, 0.1) is 17.4 Å². The zero-order valence-corrected chi connectivity index (χ0v) is 17.5. The molecule has 176 valence electrons. The van der Waals surface area contributed by atoms with Crippen molar-refractivity contribution in [2.75, 3.05) is 6.54 Å². The SMILES string of the molecule is O=C(O)CCC(NC(=O)N[C@@H](CCNC(c1ccccn1)c1ccccn1)C(=O)O)C(=O)O. The number of carboxylic acids is 3. The number of carbonyl (C=O) groups is 4. The summed E-state index contributed by atoms with van der Waals surface area (Å²) in [6.07, 6.45) is 2.43. The largest absolute Gasteiger partial charge is 0.481 e. The molecule has 2 atom stereocenters. The Hall–Kier alpha value is -4.06. The Balaban J connectivity index is 1.98. The number of carboxylic acid groups (broad SMARTS) is 3. The highest BCUT2D eigenvalue weighted by atomic mass is 16.4. The van der Waals surface area contributed by atoms with Gasteiger partial charge in [-0.05, 0) is 43.7 Å². The van der Waals surface area contributed by atoms with Gasteiger partial charge in [0.15, 0.2) is 0 Å². The van der Waals surface area contributed by atoms with E-state index < -0.39 is 48.5 Å². The summed E-state index contributed by atoms with van der Waals surface area (Å²) < 4.78 is 0. The molecule has 1 unspecified atom stereocenters. The van der Waals surface area contributed by atoms with Gasteiger partial charge in [-0.3, -0.25) is 14.8 Å². The maximum Gasteiger partial charge on any atom is 0.326 e. The fourth-order valence-electron chi connectivity index (χ4n) is 2.97. The van der Waals surface area contributed by atoms with E-state index in [1.807, 2.05) is 12.1 Å².